The van der Waals surface area contributed by atoms with Crippen molar-refractivity contribution in [2.24, 2.45) is 0 Å². The molecule has 1 rings (SSSR count). The summed E-state index contributed by atoms with van der Waals surface area (Å²) in [5.41, 5.74) is -0.161. The van der Waals surface area contributed by atoms with E-state index in [0.717, 1.165) is 18.6 Å². The number of amides is 1. The molecule has 0 aliphatic carbocycles. The highest BCUT2D eigenvalue weighted by Gasteiger charge is 2.11. The van der Waals surface area contributed by atoms with E-state index in [9.17, 15) is 13.6 Å². The Morgan fingerprint density at radius 1 is 1.39 bits per heavy atom. The van der Waals surface area contributed by atoms with E-state index in [2.05, 4.69) is 26.6 Å². The number of hydrogen-bond acceptors (Lipinski definition) is 2. The van der Waals surface area contributed by atoms with Gasteiger partial charge in [-0.25, -0.2) is 8.78 Å². The van der Waals surface area contributed by atoms with E-state index in [4.69, 9.17) is 0 Å². The number of nitrogens with one attached hydrogen (secondary N) is 2. The molecule has 0 bridgehead atoms. The summed E-state index contributed by atoms with van der Waals surface area (Å²) < 4.78 is 26.6. The average molecular weight is 321 g/mol. The normalized spacial score (nSPS) is 12.3. The zero-order valence-corrected chi connectivity index (χ0v) is 11.8. The molecule has 18 heavy (non-hydrogen) atoms. The Morgan fingerprint density at radius 3 is 2.67 bits per heavy atom. The number of rotatable bonds is 5. The second-order valence-corrected chi connectivity index (χ2v) is 4.84. The predicted molar refractivity (Wildman–Crippen MR) is 70.4 cm³/mol. The van der Waals surface area contributed by atoms with Crippen molar-refractivity contribution in [3.05, 3.63) is 28.2 Å². The van der Waals surface area contributed by atoms with Gasteiger partial charge in [0.15, 0.2) is 0 Å². The molecule has 1 amide bonds. The Bertz CT molecular complexity index is 440. The van der Waals surface area contributed by atoms with Crippen molar-refractivity contribution in [3.8, 4) is 0 Å². The van der Waals surface area contributed by atoms with Gasteiger partial charge in [0.2, 0.25) is 5.91 Å². The first-order valence-corrected chi connectivity index (χ1v) is 6.41. The van der Waals surface area contributed by atoms with E-state index < -0.39 is 17.5 Å². The van der Waals surface area contributed by atoms with Gasteiger partial charge in [0.1, 0.15) is 11.6 Å². The highest BCUT2D eigenvalue weighted by atomic mass is 79.9. The Hall–Kier alpha value is -1.01. The van der Waals surface area contributed by atoms with E-state index in [0.29, 0.717) is 0 Å². The quantitative estimate of drug-likeness (QED) is 0.819. The van der Waals surface area contributed by atoms with Crippen LogP contribution in [0.3, 0.4) is 0 Å². The van der Waals surface area contributed by atoms with Gasteiger partial charge in [0.05, 0.1) is 16.7 Å². The molecule has 0 radical (unpaired) electrons. The van der Waals surface area contributed by atoms with Gasteiger partial charge in [-0.2, -0.15) is 0 Å². The maximum atomic E-state index is 13.4. The zero-order valence-electron chi connectivity index (χ0n) is 10.2. The van der Waals surface area contributed by atoms with E-state index in [1.54, 1.807) is 0 Å². The lowest BCUT2D eigenvalue weighted by Crippen LogP contribution is -2.34. The standard InChI is InChI=1S/C12H15BrF2N2O/c1-3-7(2)16-6-12(18)17-11-5-9(14)8(13)4-10(11)15/h4-5,7,16H,3,6H2,1-2H3,(H,17,18). The Morgan fingerprint density at radius 2 is 2.06 bits per heavy atom. The lowest BCUT2D eigenvalue weighted by atomic mass is 10.2. The van der Waals surface area contributed by atoms with Crippen molar-refractivity contribution in [3.63, 3.8) is 0 Å². The first kappa shape index (κ1) is 15.0. The molecule has 1 unspecified atom stereocenters. The van der Waals surface area contributed by atoms with Gasteiger partial charge in [-0.3, -0.25) is 4.79 Å². The van der Waals surface area contributed by atoms with Gasteiger partial charge >= 0.3 is 0 Å². The zero-order chi connectivity index (χ0) is 13.7. The van der Waals surface area contributed by atoms with Gasteiger partial charge in [-0.1, -0.05) is 6.92 Å². The molecule has 6 heteroatoms. The number of benzene rings is 1. The number of hydrogen-bond donors (Lipinski definition) is 2. The van der Waals surface area contributed by atoms with Crippen LogP contribution in [0.4, 0.5) is 14.5 Å². The molecule has 0 heterocycles. The molecule has 0 saturated carbocycles. The van der Waals surface area contributed by atoms with Crippen molar-refractivity contribution >= 4 is 27.5 Å². The molecule has 100 valence electrons. The fourth-order valence-corrected chi connectivity index (χ4v) is 1.54. The fraction of sp³-hybridized carbons (Fsp3) is 0.417. The molecular formula is C12H15BrF2N2O. The molecule has 3 nitrogen and oxygen atoms in total. The molecule has 1 aromatic rings. The molecule has 0 saturated heterocycles. The van der Waals surface area contributed by atoms with Crippen LogP contribution in [0.5, 0.6) is 0 Å². The number of anilines is 1. The summed E-state index contributed by atoms with van der Waals surface area (Å²) in [6.45, 7) is 3.98. The highest BCUT2D eigenvalue weighted by molar-refractivity contribution is 9.10. The van der Waals surface area contributed by atoms with Crippen LogP contribution in [-0.2, 0) is 4.79 Å². The largest absolute Gasteiger partial charge is 0.322 e. The predicted octanol–water partition coefficient (Wildman–Crippen LogP) is 3.05. The topological polar surface area (TPSA) is 41.1 Å². The molecule has 0 fully saturated rings. The number of carbonyl (C=O) groups is 1. The van der Waals surface area contributed by atoms with Gasteiger partial charge < -0.3 is 10.6 Å². The minimum absolute atomic E-state index is 0.0238. The van der Waals surface area contributed by atoms with E-state index in [-0.39, 0.29) is 22.7 Å². The summed E-state index contributed by atoms with van der Waals surface area (Å²) in [7, 11) is 0. The fourth-order valence-electron chi connectivity index (χ4n) is 1.22. The van der Waals surface area contributed by atoms with Gasteiger partial charge in [0, 0.05) is 12.1 Å². The maximum Gasteiger partial charge on any atom is 0.238 e. The minimum atomic E-state index is -0.680. The highest BCUT2D eigenvalue weighted by Crippen LogP contribution is 2.23. The average Bonchev–Trinajstić information content (AvgIpc) is 2.33. The summed E-state index contributed by atoms with van der Waals surface area (Å²) in [6, 6.07) is 2.12. The van der Waals surface area contributed by atoms with Crippen LogP contribution >= 0.6 is 15.9 Å². The summed E-state index contributed by atoms with van der Waals surface area (Å²) in [5.74, 6) is -1.71. The number of carbonyl (C=O) groups excluding carboxylic acids is 1. The van der Waals surface area contributed by atoms with E-state index in [1.807, 2.05) is 13.8 Å². The van der Waals surface area contributed by atoms with Crippen molar-refractivity contribution in [2.45, 2.75) is 26.3 Å². The molecule has 0 spiro atoms. The Kier molecular flexibility index (Phi) is 5.68. The van der Waals surface area contributed by atoms with Crippen LogP contribution < -0.4 is 10.6 Å². The SMILES string of the molecule is CCC(C)NCC(=O)Nc1cc(F)c(Br)cc1F. The first-order valence-electron chi connectivity index (χ1n) is 5.61. The van der Waals surface area contributed by atoms with Crippen molar-refractivity contribution in [1.82, 2.24) is 5.32 Å². The summed E-state index contributed by atoms with van der Waals surface area (Å²) >= 11 is 2.87. The molecular weight excluding hydrogens is 306 g/mol. The van der Waals surface area contributed by atoms with Crippen molar-refractivity contribution in [1.29, 1.82) is 0 Å². The molecule has 1 atom stereocenters. The van der Waals surface area contributed by atoms with Crippen molar-refractivity contribution < 1.29 is 13.6 Å². The Labute approximate surface area is 113 Å². The van der Waals surface area contributed by atoms with E-state index in [1.165, 1.54) is 0 Å². The van der Waals surface area contributed by atoms with Crippen molar-refractivity contribution in [2.75, 3.05) is 11.9 Å². The third kappa shape index (κ3) is 4.34. The molecule has 0 aliphatic heterocycles. The molecule has 1 aromatic carbocycles. The minimum Gasteiger partial charge on any atom is -0.322 e. The molecule has 2 N–H and O–H groups in total. The third-order valence-corrected chi connectivity index (χ3v) is 3.12. The second-order valence-electron chi connectivity index (χ2n) is 3.98. The van der Waals surface area contributed by atoms with Crippen LogP contribution in [0.25, 0.3) is 0 Å². The first-order chi connectivity index (χ1) is 8.43. The van der Waals surface area contributed by atoms with Gasteiger partial charge in [-0.05, 0) is 35.3 Å². The molecule has 0 aromatic heterocycles. The van der Waals surface area contributed by atoms with Crippen LogP contribution in [0.1, 0.15) is 20.3 Å². The molecule has 0 aliphatic rings. The van der Waals surface area contributed by atoms with Gasteiger partial charge in [0.25, 0.3) is 0 Å². The van der Waals surface area contributed by atoms with Crippen LogP contribution in [0.15, 0.2) is 16.6 Å². The second kappa shape index (κ2) is 6.80. The smallest absolute Gasteiger partial charge is 0.238 e. The van der Waals surface area contributed by atoms with Crippen LogP contribution in [-0.4, -0.2) is 18.5 Å². The Balaban J connectivity index is 2.62. The van der Waals surface area contributed by atoms with E-state index >= 15 is 0 Å². The van der Waals surface area contributed by atoms with Crippen LogP contribution in [0, 0.1) is 11.6 Å². The summed E-state index contributed by atoms with van der Waals surface area (Å²) in [4.78, 5) is 11.5. The van der Waals surface area contributed by atoms with Crippen LogP contribution in [0.2, 0.25) is 0 Å². The summed E-state index contributed by atoms with van der Waals surface area (Å²) in [6.07, 6.45) is 0.883. The lowest BCUT2D eigenvalue weighted by molar-refractivity contribution is -0.115. The van der Waals surface area contributed by atoms with Gasteiger partial charge in [-0.15, -0.1) is 0 Å². The number of halogens is 3. The summed E-state index contributed by atoms with van der Waals surface area (Å²) in [5, 5.41) is 5.28. The lowest BCUT2D eigenvalue weighted by Gasteiger charge is -2.12. The maximum absolute atomic E-state index is 13.4. The monoisotopic (exact) mass is 320 g/mol. The third-order valence-electron chi connectivity index (χ3n) is 2.51.